The number of carbonyl (C=O) groups is 1. The van der Waals surface area contributed by atoms with Crippen molar-refractivity contribution in [2.45, 2.75) is 24.5 Å². The number of esters is 1. The number of methoxy groups -OCH3 is 1. The second kappa shape index (κ2) is 3.36. The Morgan fingerprint density at radius 2 is 2.33 bits per heavy atom. The zero-order chi connectivity index (χ0) is 11.1. The van der Waals surface area contributed by atoms with E-state index in [1.54, 1.807) is 6.07 Å². The van der Waals surface area contributed by atoms with Gasteiger partial charge in [0, 0.05) is 0 Å². The molecule has 1 aliphatic rings. The van der Waals surface area contributed by atoms with Crippen LogP contribution in [0.2, 0.25) is 0 Å². The van der Waals surface area contributed by atoms with E-state index in [1.165, 1.54) is 13.2 Å². The predicted octanol–water partition coefficient (Wildman–Crippen LogP) is 0.375. The van der Waals surface area contributed by atoms with E-state index in [-0.39, 0.29) is 11.9 Å². The van der Waals surface area contributed by atoms with E-state index in [9.17, 15) is 9.90 Å². The van der Waals surface area contributed by atoms with Gasteiger partial charge in [-0.05, 0) is 25.0 Å². The number of rotatable bonds is 2. The van der Waals surface area contributed by atoms with E-state index < -0.39 is 11.5 Å². The summed E-state index contributed by atoms with van der Waals surface area (Å²) in [6.45, 7) is 0. The van der Waals surface area contributed by atoms with Gasteiger partial charge in [0.05, 0.1) is 18.8 Å². The van der Waals surface area contributed by atoms with E-state index in [0.29, 0.717) is 18.6 Å². The first-order chi connectivity index (χ1) is 7.05. The minimum atomic E-state index is -0.633. The summed E-state index contributed by atoms with van der Waals surface area (Å²) in [7, 11) is 1.29. The molecular formula is C10H13NO4. The number of hydrogen-bond donors (Lipinski definition) is 2. The van der Waals surface area contributed by atoms with Gasteiger partial charge in [0.15, 0.2) is 0 Å². The van der Waals surface area contributed by atoms with Crippen molar-refractivity contribution in [3.63, 3.8) is 0 Å². The normalized spacial score (nSPS) is 29.7. The molecule has 3 N–H and O–H groups in total. The van der Waals surface area contributed by atoms with Crippen molar-refractivity contribution in [2.75, 3.05) is 7.11 Å². The number of ether oxygens (including phenoxy) is 1. The SMILES string of the molecule is COC(=O)c1ccc(C2(N)CC(O)C2)o1. The molecule has 15 heavy (non-hydrogen) atoms. The topological polar surface area (TPSA) is 85.7 Å². The molecule has 0 unspecified atom stereocenters. The summed E-state index contributed by atoms with van der Waals surface area (Å²) >= 11 is 0. The summed E-state index contributed by atoms with van der Waals surface area (Å²) < 4.78 is 9.79. The van der Waals surface area contributed by atoms with Crippen LogP contribution in [0.25, 0.3) is 0 Å². The van der Waals surface area contributed by atoms with Gasteiger partial charge in [-0.2, -0.15) is 0 Å². The quantitative estimate of drug-likeness (QED) is 0.690. The lowest BCUT2D eigenvalue weighted by molar-refractivity contribution is 0.00915. The van der Waals surface area contributed by atoms with Crippen molar-refractivity contribution in [3.8, 4) is 0 Å². The van der Waals surface area contributed by atoms with Crippen molar-refractivity contribution in [3.05, 3.63) is 23.7 Å². The standard InChI is InChI=1S/C10H13NO4/c1-14-9(13)7-2-3-8(15-7)10(11)4-6(12)5-10/h2-3,6,12H,4-5,11H2,1H3. The fraction of sp³-hybridized carbons (Fsp3) is 0.500. The van der Waals surface area contributed by atoms with Gasteiger partial charge in [0.2, 0.25) is 5.76 Å². The molecule has 82 valence electrons. The van der Waals surface area contributed by atoms with Crippen LogP contribution in [0.1, 0.15) is 29.2 Å². The molecule has 1 saturated carbocycles. The van der Waals surface area contributed by atoms with E-state index in [2.05, 4.69) is 4.74 Å². The molecule has 1 aromatic heterocycles. The number of nitrogens with two attached hydrogens (primary N) is 1. The third kappa shape index (κ3) is 1.64. The molecule has 5 heteroatoms. The zero-order valence-electron chi connectivity index (χ0n) is 8.40. The highest BCUT2D eigenvalue weighted by Crippen LogP contribution is 2.39. The lowest BCUT2D eigenvalue weighted by Crippen LogP contribution is -2.51. The van der Waals surface area contributed by atoms with Gasteiger partial charge in [-0.15, -0.1) is 0 Å². The molecule has 2 rings (SSSR count). The third-order valence-electron chi connectivity index (χ3n) is 2.68. The summed E-state index contributed by atoms with van der Waals surface area (Å²) in [5, 5.41) is 9.19. The minimum absolute atomic E-state index is 0.138. The highest BCUT2D eigenvalue weighted by atomic mass is 16.5. The van der Waals surface area contributed by atoms with Crippen LogP contribution in [0.4, 0.5) is 0 Å². The first-order valence-corrected chi connectivity index (χ1v) is 4.71. The van der Waals surface area contributed by atoms with E-state index in [0.717, 1.165) is 0 Å². The Bertz CT molecular complexity index is 379. The van der Waals surface area contributed by atoms with E-state index >= 15 is 0 Å². The van der Waals surface area contributed by atoms with Crippen LogP contribution in [-0.2, 0) is 10.3 Å². The highest BCUT2D eigenvalue weighted by molar-refractivity contribution is 5.86. The smallest absolute Gasteiger partial charge is 0.373 e. The van der Waals surface area contributed by atoms with Gasteiger partial charge in [0.1, 0.15) is 5.76 Å². The summed E-state index contributed by atoms with van der Waals surface area (Å²) in [6, 6.07) is 3.18. The molecule has 0 saturated heterocycles. The van der Waals surface area contributed by atoms with Crippen molar-refractivity contribution >= 4 is 5.97 Å². The zero-order valence-corrected chi connectivity index (χ0v) is 8.40. The first-order valence-electron chi connectivity index (χ1n) is 4.71. The monoisotopic (exact) mass is 211 g/mol. The van der Waals surface area contributed by atoms with Crippen LogP contribution in [0.3, 0.4) is 0 Å². The van der Waals surface area contributed by atoms with Crippen molar-refractivity contribution in [1.82, 2.24) is 0 Å². The summed E-state index contributed by atoms with van der Waals surface area (Å²) in [5.41, 5.74) is 5.33. The Kier molecular flexibility index (Phi) is 2.28. The number of aliphatic hydroxyl groups is 1. The average molecular weight is 211 g/mol. The summed E-state index contributed by atoms with van der Waals surface area (Å²) in [6.07, 6.45) is 0.545. The average Bonchev–Trinajstić information content (AvgIpc) is 2.63. The molecule has 0 atom stereocenters. The van der Waals surface area contributed by atoms with Crippen LogP contribution < -0.4 is 5.73 Å². The molecule has 0 bridgehead atoms. The Balaban J connectivity index is 2.17. The van der Waals surface area contributed by atoms with Gasteiger partial charge in [-0.1, -0.05) is 0 Å². The number of furan rings is 1. The molecule has 0 radical (unpaired) electrons. The van der Waals surface area contributed by atoms with Crippen LogP contribution >= 0.6 is 0 Å². The van der Waals surface area contributed by atoms with Crippen molar-refractivity contribution in [1.29, 1.82) is 0 Å². The van der Waals surface area contributed by atoms with Gasteiger partial charge < -0.3 is 20.0 Å². The summed E-state index contributed by atoms with van der Waals surface area (Å²) in [5.74, 6) is 0.136. The molecule has 5 nitrogen and oxygen atoms in total. The largest absolute Gasteiger partial charge is 0.463 e. The molecule has 1 aliphatic carbocycles. The maximum atomic E-state index is 11.1. The molecule has 0 amide bonds. The maximum Gasteiger partial charge on any atom is 0.373 e. The molecule has 0 spiro atoms. The van der Waals surface area contributed by atoms with Crippen LogP contribution in [-0.4, -0.2) is 24.3 Å². The van der Waals surface area contributed by atoms with Crippen LogP contribution in [0.5, 0.6) is 0 Å². The van der Waals surface area contributed by atoms with Gasteiger partial charge >= 0.3 is 5.97 Å². The van der Waals surface area contributed by atoms with E-state index in [1.807, 2.05) is 0 Å². The second-order valence-corrected chi connectivity index (χ2v) is 3.87. The van der Waals surface area contributed by atoms with E-state index in [4.69, 9.17) is 10.2 Å². The Morgan fingerprint density at radius 3 is 2.87 bits per heavy atom. The fourth-order valence-electron chi connectivity index (χ4n) is 1.80. The minimum Gasteiger partial charge on any atom is -0.463 e. The fourth-order valence-corrected chi connectivity index (χ4v) is 1.80. The Morgan fingerprint density at radius 1 is 1.67 bits per heavy atom. The molecular weight excluding hydrogens is 198 g/mol. The number of carbonyl (C=O) groups excluding carboxylic acids is 1. The van der Waals surface area contributed by atoms with Crippen LogP contribution in [0.15, 0.2) is 16.5 Å². The third-order valence-corrected chi connectivity index (χ3v) is 2.68. The van der Waals surface area contributed by atoms with Gasteiger partial charge in [0.25, 0.3) is 0 Å². The number of hydrogen-bond acceptors (Lipinski definition) is 5. The molecule has 1 aromatic rings. The molecule has 1 fully saturated rings. The summed E-state index contributed by atoms with van der Waals surface area (Å²) in [4.78, 5) is 11.1. The Labute approximate surface area is 86.8 Å². The van der Waals surface area contributed by atoms with Crippen molar-refractivity contribution in [2.24, 2.45) is 5.73 Å². The highest BCUT2D eigenvalue weighted by Gasteiger charge is 2.44. The lowest BCUT2D eigenvalue weighted by atomic mass is 9.73. The number of aliphatic hydroxyl groups excluding tert-OH is 1. The molecule has 0 aromatic carbocycles. The first kappa shape index (κ1) is 10.2. The Hall–Kier alpha value is -1.33. The van der Waals surface area contributed by atoms with Crippen LogP contribution in [0, 0.1) is 0 Å². The predicted molar refractivity (Wildman–Crippen MR) is 51.2 cm³/mol. The molecule has 0 aliphatic heterocycles. The van der Waals surface area contributed by atoms with Crippen molar-refractivity contribution < 1.29 is 19.1 Å². The van der Waals surface area contributed by atoms with Gasteiger partial charge in [-0.25, -0.2) is 4.79 Å². The molecule has 1 heterocycles. The van der Waals surface area contributed by atoms with Gasteiger partial charge in [-0.3, -0.25) is 0 Å². The second-order valence-electron chi connectivity index (χ2n) is 3.87. The maximum absolute atomic E-state index is 11.1. The lowest BCUT2D eigenvalue weighted by Gasteiger charge is -2.40.